The van der Waals surface area contributed by atoms with E-state index in [9.17, 15) is 0 Å². The largest absolute Gasteiger partial charge is 0.368 e. The molecule has 0 aliphatic carbocycles. The SMILES string of the molecule is [K].[K].[K].[O-][I+3]([O-])([O-])O. The predicted molar refractivity (Wildman–Crippen MR) is 19.5 cm³/mol. The summed E-state index contributed by atoms with van der Waals surface area (Å²) in [5.74, 6) is 0. The summed E-state index contributed by atoms with van der Waals surface area (Å²) < 4.78 is 33.2. The Morgan fingerprint density at radius 3 is 0.875 bits per heavy atom. The van der Waals surface area contributed by atoms with Crippen LogP contribution in [0.25, 0.3) is 0 Å². The first-order valence-electron chi connectivity index (χ1n) is 0.632. The second-order valence-corrected chi connectivity index (χ2v) is 2.66. The van der Waals surface area contributed by atoms with Gasteiger partial charge in [-0.25, -0.2) is 0 Å². The maximum Gasteiger partial charge on any atom is 0.368 e. The first kappa shape index (κ1) is 23.4. The second kappa shape index (κ2) is 12.5. The Morgan fingerprint density at radius 1 is 0.875 bits per heavy atom. The van der Waals surface area contributed by atoms with E-state index in [-0.39, 0.29) is 154 Å². The van der Waals surface area contributed by atoms with Gasteiger partial charge in [-0.15, -0.1) is 0 Å². The minimum atomic E-state index is -5.69. The molecule has 0 aliphatic rings. The van der Waals surface area contributed by atoms with Gasteiger partial charge >= 0.3 is 20.1 Å². The molecule has 0 unspecified atom stereocenters. The molecule has 4 nitrogen and oxygen atoms in total. The number of hydrogen-bond donors (Lipinski definition) is 1. The summed E-state index contributed by atoms with van der Waals surface area (Å²) >= 11 is -5.69. The van der Waals surface area contributed by atoms with Crippen molar-refractivity contribution in [3.63, 3.8) is 0 Å². The van der Waals surface area contributed by atoms with Crippen LogP contribution in [0.1, 0.15) is 0 Å². The van der Waals surface area contributed by atoms with E-state index in [0.29, 0.717) is 0 Å². The van der Waals surface area contributed by atoms with Crippen LogP contribution in [0, 0.1) is 0 Å². The fourth-order valence-electron chi connectivity index (χ4n) is 0. The molecule has 35 valence electrons. The molecule has 3 radical (unpaired) electrons. The maximum atomic E-state index is 8.73. The van der Waals surface area contributed by atoms with Crippen LogP contribution in [0.3, 0.4) is 0 Å². The Labute approximate surface area is 181 Å². The minimum Gasteiger partial charge on any atom is -0.256 e. The third-order valence-electron chi connectivity index (χ3n) is 0. The van der Waals surface area contributed by atoms with E-state index in [1.807, 2.05) is 0 Å². The van der Waals surface area contributed by atoms with Gasteiger partial charge in [-0.1, -0.05) is 0 Å². The van der Waals surface area contributed by atoms with E-state index >= 15 is 0 Å². The van der Waals surface area contributed by atoms with E-state index < -0.39 is 20.1 Å². The molecular formula is HIK3O4. The van der Waals surface area contributed by atoms with E-state index in [4.69, 9.17) is 13.7 Å². The molecule has 0 atom stereocenters. The van der Waals surface area contributed by atoms with E-state index in [2.05, 4.69) is 0 Å². The van der Waals surface area contributed by atoms with Crippen molar-refractivity contribution < 1.29 is 33.8 Å². The van der Waals surface area contributed by atoms with Gasteiger partial charge < -0.3 is 0 Å². The van der Waals surface area contributed by atoms with E-state index in [1.165, 1.54) is 0 Å². The van der Waals surface area contributed by atoms with Crippen molar-refractivity contribution in [3.05, 3.63) is 0 Å². The van der Waals surface area contributed by atoms with Crippen LogP contribution < -0.4 is 30.4 Å². The Balaban J connectivity index is -0.0000000267. The van der Waals surface area contributed by atoms with Gasteiger partial charge in [0, 0.05) is 158 Å². The van der Waals surface area contributed by atoms with Crippen LogP contribution >= 0.6 is 0 Å². The van der Waals surface area contributed by atoms with Gasteiger partial charge in [-0.05, 0) is 0 Å². The zero-order valence-corrected chi connectivity index (χ0v) is 16.6. The molecule has 0 spiro atoms. The summed E-state index contributed by atoms with van der Waals surface area (Å²) in [5.41, 5.74) is 0. The van der Waals surface area contributed by atoms with Gasteiger partial charge in [-0.2, -0.15) is 0 Å². The molecule has 0 rings (SSSR count). The molecule has 1 N–H and O–H groups in total. The molecule has 0 aliphatic heterocycles. The van der Waals surface area contributed by atoms with Crippen molar-refractivity contribution >= 4 is 154 Å². The molecule has 0 saturated carbocycles. The van der Waals surface area contributed by atoms with Crippen molar-refractivity contribution in [1.82, 2.24) is 0 Å². The van der Waals surface area contributed by atoms with Crippen LogP contribution in [0.15, 0.2) is 0 Å². The topological polar surface area (TPSA) is 89.4 Å². The Bertz CT molecular complexity index is 26.8. The molecule has 0 aromatic heterocycles. The standard InChI is InChI=1S/HIO4.3K/c2-1(3,4)5;;;/h2H;;;. The third kappa shape index (κ3) is 42.0. The molecule has 0 bridgehead atoms. The third-order valence-corrected chi connectivity index (χ3v) is 0. The Kier molecular flexibility index (Phi) is 36.4. The number of halogens is 1. The Hall–Kier alpha value is 5.48. The van der Waals surface area contributed by atoms with E-state index in [0.717, 1.165) is 0 Å². The quantitative estimate of drug-likeness (QED) is 0.355. The molecule has 0 amide bonds. The van der Waals surface area contributed by atoms with Gasteiger partial charge in [0.25, 0.3) is 0 Å². The van der Waals surface area contributed by atoms with Crippen molar-refractivity contribution in [1.29, 1.82) is 0 Å². The Morgan fingerprint density at radius 2 is 0.875 bits per heavy atom. The number of rotatable bonds is 0. The first-order chi connectivity index (χ1) is 2.00. The normalized spacial score (nSPS) is 7.50. The van der Waals surface area contributed by atoms with Crippen LogP contribution in [-0.2, 0) is 0 Å². The smallest absolute Gasteiger partial charge is 0.256 e. The summed E-state index contributed by atoms with van der Waals surface area (Å²) in [7, 11) is 0. The summed E-state index contributed by atoms with van der Waals surface area (Å²) in [5, 5.41) is 0. The van der Waals surface area contributed by atoms with Crippen molar-refractivity contribution in [3.8, 4) is 0 Å². The van der Waals surface area contributed by atoms with Gasteiger partial charge in [0.1, 0.15) is 0 Å². The minimum absolute atomic E-state index is 0. The molecule has 8 heteroatoms. The van der Waals surface area contributed by atoms with Crippen molar-refractivity contribution in [2.75, 3.05) is 0 Å². The molecule has 0 saturated heterocycles. The van der Waals surface area contributed by atoms with Gasteiger partial charge in [0.2, 0.25) is 0 Å². The monoisotopic (exact) mass is 309 g/mol. The van der Waals surface area contributed by atoms with Crippen molar-refractivity contribution in [2.45, 2.75) is 0 Å². The first-order valence-corrected chi connectivity index (χ1v) is 4.24. The van der Waals surface area contributed by atoms with Crippen molar-refractivity contribution in [2.24, 2.45) is 0 Å². The van der Waals surface area contributed by atoms with Crippen LogP contribution in [0.2, 0.25) is 0 Å². The average molecular weight is 309 g/mol. The molecular weight excluding hydrogens is 308 g/mol. The van der Waals surface area contributed by atoms with Gasteiger partial charge in [-0.3, -0.25) is 10.3 Å². The zero-order chi connectivity index (χ0) is 4.50. The summed E-state index contributed by atoms with van der Waals surface area (Å²) in [6.45, 7) is 0. The molecule has 8 heavy (non-hydrogen) atoms. The summed E-state index contributed by atoms with van der Waals surface area (Å²) in [6, 6.07) is 0. The predicted octanol–water partition coefficient (Wildman–Crippen LogP) is -8.26. The molecule has 0 heterocycles. The van der Waals surface area contributed by atoms with Gasteiger partial charge in [0.05, 0.1) is 0 Å². The fraction of sp³-hybridized carbons (Fsp3) is 0. The maximum absolute atomic E-state index is 8.73. The number of hydrogen-bond acceptors (Lipinski definition) is 4. The molecule has 0 aromatic rings. The summed E-state index contributed by atoms with van der Waals surface area (Å²) in [6.07, 6.45) is 0. The summed E-state index contributed by atoms with van der Waals surface area (Å²) in [4.78, 5) is 0. The van der Waals surface area contributed by atoms with E-state index in [1.54, 1.807) is 0 Å². The second-order valence-electron chi connectivity index (χ2n) is 0.396. The fourth-order valence-corrected chi connectivity index (χ4v) is 0. The van der Waals surface area contributed by atoms with Crippen LogP contribution in [0.5, 0.6) is 0 Å². The average Bonchev–Trinajstić information content (AvgIpc) is 0.722. The molecule has 0 aromatic carbocycles. The zero-order valence-electron chi connectivity index (χ0n) is 5.05. The van der Waals surface area contributed by atoms with Crippen LogP contribution in [-0.4, -0.2) is 158 Å². The van der Waals surface area contributed by atoms with Gasteiger partial charge in [0.15, 0.2) is 0 Å². The van der Waals surface area contributed by atoms with Crippen LogP contribution in [0.4, 0.5) is 0 Å². The molecule has 0 fully saturated rings.